The lowest BCUT2D eigenvalue weighted by Crippen LogP contribution is -2.39. The van der Waals surface area contributed by atoms with Crippen molar-refractivity contribution in [1.82, 2.24) is 19.4 Å². The van der Waals surface area contributed by atoms with Crippen LogP contribution in [0.2, 0.25) is 0 Å². The second kappa shape index (κ2) is 5.34. The number of benzene rings is 1. The largest absolute Gasteiger partial charge is 0.375 e. The normalized spacial score (nSPS) is 15.6. The van der Waals surface area contributed by atoms with Gasteiger partial charge in [0.05, 0.1) is 29.6 Å². The lowest BCUT2D eigenvalue weighted by molar-refractivity contribution is -0.135. The van der Waals surface area contributed by atoms with Crippen molar-refractivity contribution in [2.75, 3.05) is 12.3 Å². The predicted octanol–water partition coefficient (Wildman–Crippen LogP) is 2.22. The van der Waals surface area contributed by atoms with Crippen LogP contribution < -0.4 is 5.73 Å². The van der Waals surface area contributed by atoms with Crippen LogP contribution in [0.5, 0.6) is 0 Å². The molecule has 0 fully saturated rings. The molecule has 1 amide bonds. The zero-order valence-electron chi connectivity index (χ0n) is 12.8. The van der Waals surface area contributed by atoms with Gasteiger partial charge in [-0.3, -0.25) is 4.79 Å². The molecule has 0 saturated carbocycles. The number of hydrogen-bond acceptors (Lipinski definition) is 5. The zero-order chi connectivity index (χ0) is 16.0. The number of anilines is 1. The van der Waals surface area contributed by atoms with Crippen LogP contribution in [0.1, 0.15) is 23.5 Å². The Bertz CT molecular complexity index is 884. The number of imidazole rings is 1. The van der Waals surface area contributed by atoms with E-state index in [0.717, 1.165) is 28.0 Å². The lowest BCUT2D eigenvalue weighted by atomic mass is 10.1. The summed E-state index contributed by atoms with van der Waals surface area (Å²) in [6.45, 7) is 3.21. The number of carbonyl (C=O) groups excluding carboxylic acids is 1. The summed E-state index contributed by atoms with van der Waals surface area (Å²) in [7, 11) is 0. The molecule has 0 radical (unpaired) electrons. The number of thiazole rings is 1. The van der Waals surface area contributed by atoms with E-state index in [1.165, 1.54) is 11.3 Å². The minimum absolute atomic E-state index is 0.103. The van der Waals surface area contributed by atoms with Crippen molar-refractivity contribution in [3.8, 4) is 0 Å². The van der Waals surface area contributed by atoms with Gasteiger partial charge in [0.15, 0.2) is 5.13 Å². The van der Waals surface area contributed by atoms with E-state index in [9.17, 15) is 4.79 Å². The number of rotatable bonds is 2. The van der Waals surface area contributed by atoms with Crippen LogP contribution in [0.15, 0.2) is 30.6 Å². The molecule has 0 aliphatic carbocycles. The van der Waals surface area contributed by atoms with Crippen molar-refractivity contribution in [2.45, 2.75) is 25.9 Å². The molecule has 118 valence electrons. The van der Waals surface area contributed by atoms with Crippen LogP contribution in [-0.2, 0) is 17.8 Å². The van der Waals surface area contributed by atoms with Crippen LogP contribution in [0.25, 0.3) is 11.0 Å². The smallest absolute Gasteiger partial charge is 0.245 e. The fraction of sp³-hybridized carbons (Fsp3) is 0.312. The van der Waals surface area contributed by atoms with Gasteiger partial charge in [0, 0.05) is 17.8 Å². The maximum absolute atomic E-state index is 12.9. The number of fused-ring (bicyclic) bond motifs is 2. The number of aromatic nitrogens is 3. The first-order valence-corrected chi connectivity index (χ1v) is 8.39. The summed E-state index contributed by atoms with van der Waals surface area (Å²) < 4.78 is 1.94. The van der Waals surface area contributed by atoms with E-state index < -0.39 is 0 Å². The van der Waals surface area contributed by atoms with Crippen LogP contribution in [0.4, 0.5) is 5.13 Å². The van der Waals surface area contributed by atoms with E-state index in [1.807, 2.05) is 40.7 Å². The SMILES string of the molecule is C[C@H](C(=O)N1CCc2nc(N)sc2C1)n1cnc2ccccc21. The van der Waals surface area contributed by atoms with Crippen molar-refractivity contribution in [3.63, 3.8) is 0 Å². The Morgan fingerprint density at radius 2 is 2.22 bits per heavy atom. The lowest BCUT2D eigenvalue weighted by Gasteiger charge is -2.29. The first-order chi connectivity index (χ1) is 11.1. The number of carbonyl (C=O) groups is 1. The molecule has 6 nitrogen and oxygen atoms in total. The molecule has 2 N–H and O–H groups in total. The van der Waals surface area contributed by atoms with E-state index in [1.54, 1.807) is 6.33 Å². The molecule has 0 spiro atoms. The molecule has 2 aromatic heterocycles. The second-order valence-electron chi connectivity index (χ2n) is 5.75. The minimum Gasteiger partial charge on any atom is -0.375 e. The third-order valence-corrected chi connectivity index (χ3v) is 5.23. The quantitative estimate of drug-likeness (QED) is 0.783. The molecule has 0 saturated heterocycles. The molecule has 1 aromatic carbocycles. The van der Waals surface area contributed by atoms with E-state index in [0.29, 0.717) is 18.2 Å². The molecule has 1 aliphatic rings. The molecule has 1 atom stereocenters. The van der Waals surface area contributed by atoms with Crippen molar-refractivity contribution in [3.05, 3.63) is 41.2 Å². The summed E-state index contributed by atoms with van der Waals surface area (Å²) in [6.07, 6.45) is 2.51. The second-order valence-corrected chi connectivity index (χ2v) is 6.86. The predicted molar refractivity (Wildman–Crippen MR) is 90.1 cm³/mol. The number of para-hydroxylation sites is 2. The van der Waals surface area contributed by atoms with Crippen molar-refractivity contribution in [1.29, 1.82) is 0 Å². The fourth-order valence-corrected chi connectivity index (χ4v) is 3.97. The number of nitrogens with two attached hydrogens (primary N) is 1. The topological polar surface area (TPSA) is 77.0 Å². The average molecular weight is 327 g/mol. The zero-order valence-corrected chi connectivity index (χ0v) is 13.6. The van der Waals surface area contributed by atoms with Crippen molar-refractivity contribution < 1.29 is 4.79 Å². The Labute approximate surface area is 137 Å². The highest BCUT2D eigenvalue weighted by atomic mass is 32.1. The third kappa shape index (κ3) is 2.37. The van der Waals surface area contributed by atoms with Gasteiger partial charge in [0.25, 0.3) is 0 Å². The van der Waals surface area contributed by atoms with E-state index in [-0.39, 0.29) is 11.9 Å². The number of hydrogen-bond donors (Lipinski definition) is 1. The van der Waals surface area contributed by atoms with E-state index >= 15 is 0 Å². The Morgan fingerprint density at radius 1 is 1.39 bits per heavy atom. The highest BCUT2D eigenvalue weighted by Crippen LogP contribution is 2.28. The molecule has 0 unspecified atom stereocenters. The monoisotopic (exact) mass is 327 g/mol. The molecule has 3 heterocycles. The van der Waals surface area contributed by atoms with Crippen molar-refractivity contribution in [2.24, 2.45) is 0 Å². The van der Waals surface area contributed by atoms with Gasteiger partial charge in [-0.05, 0) is 19.1 Å². The molecule has 1 aliphatic heterocycles. The Hall–Kier alpha value is -2.41. The molecule has 7 heteroatoms. The van der Waals surface area contributed by atoms with Crippen LogP contribution >= 0.6 is 11.3 Å². The molecule has 4 rings (SSSR count). The Balaban J connectivity index is 1.59. The highest BCUT2D eigenvalue weighted by Gasteiger charge is 2.28. The van der Waals surface area contributed by atoms with Gasteiger partial charge in [-0.15, -0.1) is 11.3 Å². The van der Waals surface area contributed by atoms with Gasteiger partial charge < -0.3 is 15.2 Å². The first kappa shape index (κ1) is 14.2. The molecule has 23 heavy (non-hydrogen) atoms. The van der Waals surface area contributed by atoms with Gasteiger partial charge in [-0.2, -0.15) is 0 Å². The molecular weight excluding hydrogens is 310 g/mol. The standard InChI is InChI=1S/C16H17N5OS/c1-10(21-9-18-11-4-2-3-5-13(11)21)15(22)20-7-6-12-14(8-20)23-16(17)19-12/h2-5,9-10H,6-8H2,1H3,(H2,17,19)/t10-/m1/s1. The van der Waals surface area contributed by atoms with Crippen LogP contribution in [0, 0.1) is 0 Å². The average Bonchev–Trinajstić information content (AvgIpc) is 3.15. The molecular formula is C16H17N5OS. The number of nitrogen functional groups attached to an aromatic ring is 1. The van der Waals surface area contributed by atoms with Gasteiger partial charge in [-0.1, -0.05) is 12.1 Å². The summed E-state index contributed by atoms with van der Waals surface area (Å²) in [5.74, 6) is 0.103. The van der Waals surface area contributed by atoms with Gasteiger partial charge in [0.2, 0.25) is 5.91 Å². The van der Waals surface area contributed by atoms with Gasteiger partial charge in [-0.25, -0.2) is 9.97 Å². The maximum Gasteiger partial charge on any atom is 0.245 e. The summed E-state index contributed by atoms with van der Waals surface area (Å²) in [6, 6.07) is 7.58. The number of nitrogens with zero attached hydrogens (tertiary/aromatic N) is 4. The first-order valence-electron chi connectivity index (χ1n) is 7.58. The summed E-state index contributed by atoms with van der Waals surface area (Å²) in [4.78, 5) is 24.6. The molecule has 3 aromatic rings. The third-order valence-electron chi connectivity index (χ3n) is 4.32. The van der Waals surface area contributed by atoms with Crippen LogP contribution in [-0.4, -0.2) is 31.9 Å². The summed E-state index contributed by atoms with van der Waals surface area (Å²) in [5.41, 5.74) is 8.70. The van der Waals surface area contributed by atoms with Gasteiger partial charge in [0.1, 0.15) is 6.04 Å². The van der Waals surface area contributed by atoms with Gasteiger partial charge >= 0.3 is 0 Å². The summed E-state index contributed by atoms with van der Waals surface area (Å²) >= 11 is 1.48. The minimum atomic E-state index is -0.283. The Morgan fingerprint density at radius 3 is 3.09 bits per heavy atom. The fourth-order valence-electron chi connectivity index (χ4n) is 3.07. The summed E-state index contributed by atoms with van der Waals surface area (Å²) in [5, 5.41) is 0.581. The van der Waals surface area contributed by atoms with E-state index in [4.69, 9.17) is 5.73 Å². The highest BCUT2D eigenvalue weighted by molar-refractivity contribution is 7.15. The maximum atomic E-state index is 12.9. The Kier molecular flexibility index (Phi) is 3.30. The number of amides is 1. The van der Waals surface area contributed by atoms with Crippen molar-refractivity contribution >= 4 is 33.4 Å². The van der Waals surface area contributed by atoms with E-state index in [2.05, 4.69) is 9.97 Å². The molecule has 0 bridgehead atoms. The van der Waals surface area contributed by atoms with Crippen LogP contribution in [0.3, 0.4) is 0 Å².